The Bertz CT molecular complexity index is 1340. The maximum Gasteiger partial charge on any atom is 0.337 e. The molecular formula is C27H22BrClFNO3. The number of hydrogen-bond acceptors (Lipinski definition) is 3. The van der Waals surface area contributed by atoms with Crippen LogP contribution >= 0.6 is 27.5 Å². The van der Waals surface area contributed by atoms with Crippen LogP contribution in [0.1, 0.15) is 41.8 Å². The van der Waals surface area contributed by atoms with E-state index in [0.717, 1.165) is 5.56 Å². The number of anilines is 2. The van der Waals surface area contributed by atoms with Crippen molar-refractivity contribution in [2.45, 2.75) is 31.1 Å². The number of ether oxygens (including phenoxy) is 1. The fourth-order valence-corrected chi connectivity index (χ4v) is 6.37. The predicted molar refractivity (Wildman–Crippen MR) is 133 cm³/mol. The van der Waals surface area contributed by atoms with Crippen molar-refractivity contribution in [2.75, 3.05) is 12.0 Å². The molecule has 0 unspecified atom stereocenters. The largest absolute Gasteiger partial charge is 0.465 e. The Morgan fingerprint density at radius 3 is 2.47 bits per heavy atom. The maximum absolute atomic E-state index is 14.6. The zero-order valence-corrected chi connectivity index (χ0v) is 21.2. The number of fused-ring (bicyclic) bond motifs is 2. The van der Waals surface area contributed by atoms with Gasteiger partial charge < -0.3 is 4.74 Å². The van der Waals surface area contributed by atoms with Crippen molar-refractivity contribution < 1.29 is 18.7 Å². The molecule has 1 heterocycles. The zero-order valence-electron chi connectivity index (χ0n) is 18.9. The van der Waals surface area contributed by atoms with Crippen molar-refractivity contribution in [3.05, 3.63) is 92.7 Å². The molecular weight excluding hydrogens is 521 g/mol. The third-order valence-electron chi connectivity index (χ3n) is 7.31. The lowest BCUT2D eigenvalue weighted by atomic mass is 9.75. The number of benzene rings is 3. The van der Waals surface area contributed by atoms with Gasteiger partial charge in [0.25, 0.3) is 0 Å². The van der Waals surface area contributed by atoms with Gasteiger partial charge in [0.1, 0.15) is 5.82 Å². The average Bonchev–Trinajstić information content (AvgIpc) is 3.46. The van der Waals surface area contributed by atoms with Crippen LogP contribution in [0, 0.1) is 11.7 Å². The molecule has 4 nitrogen and oxygen atoms in total. The first kappa shape index (κ1) is 23.1. The van der Waals surface area contributed by atoms with Crippen molar-refractivity contribution in [3.8, 4) is 0 Å². The van der Waals surface area contributed by atoms with Crippen LogP contribution < -0.4 is 4.90 Å². The summed E-state index contributed by atoms with van der Waals surface area (Å²) in [4.78, 5) is 28.2. The highest BCUT2D eigenvalue weighted by Gasteiger charge is 2.78. The van der Waals surface area contributed by atoms with Gasteiger partial charge >= 0.3 is 5.97 Å². The van der Waals surface area contributed by atoms with E-state index in [1.165, 1.54) is 19.2 Å². The van der Waals surface area contributed by atoms with E-state index in [1.807, 2.05) is 24.3 Å². The van der Waals surface area contributed by atoms with E-state index in [0.29, 0.717) is 38.4 Å². The summed E-state index contributed by atoms with van der Waals surface area (Å²) < 4.78 is 20.1. The first-order valence-electron chi connectivity index (χ1n) is 11.0. The van der Waals surface area contributed by atoms with Gasteiger partial charge in [-0.1, -0.05) is 53.5 Å². The Balaban J connectivity index is 1.72. The van der Waals surface area contributed by atoms with Crippen LogP contribution in [0.2, 0.25) is 5.02 Å². The Hall–Kier alpha value is -2.70. The summed E-state index contributed by atoms with van der Waals surface area (Å²) in [6, 6.07) is 17.1. The number of nitrogens with zero attached hydrogens (tertiary/aromatic N) is 1. The lowest BCUT2D eigenvalue weighted by Gasteiger charge is -2.27. The van der Waals surface area contributed by atoms with Gasteiger partial charge in [0.15, 0.2) is 0 Å². The molecule has 174 valence electrons. The molecule has 3 aromatic carbocycles. The molecule has 0 bridgehead atoms. The molecule has 1 spiro atoms. The van der Waals surface area contributed by atoms with Crippen LogP contribution in [0.3, 0.4) is 0 Å². The van der Waals surface area contributed by atoms with Crippen LogP contribution in [-0.2, 0) is 20.4 Å². The van der Waals surface area contributed by atoms with Gasteiger partial charge in [-0.25, -0.2) is 9.18 Å². The first-order chi connectivity index (χ1) is 16.2. The Morgan fingerprint density at radius 2 is 1.82 bits per heavy atom. The van der Waals surface area contributed by atoms with E-state index >= 15 is 0 Å². The molecule has 0 aromatic heterocycles. The molecule has 1 saturated carbocycles. The normalized spacial score (nSPS) is 22.9. The smallest absolute Gasteiger partial charge is 0.337 e. The lowest BCUT2D eigenvalue weighted by Crippen LogP contribution is -2.36. The Kier molecular flexibility index (Phi) is 5.37. The predicted octanol–water partition coefficient (Wildman–Crippen LogP) is 6.94. The van der Waals surface area contributed by atoms with E-state index < -0.39 is 22.6 Å². The minimum absolute atomic E-state index is 0.0989. The molecule has 0 saturated heterocycles. The lowest BCUT2D eigenvalue weighted by molar-refractivity contribution is -0.120. The topological polar surface area (TPSA) is 46.6 Å². The summed E-state index contributed by atoms with van der Waals surface area (Å²) in [7, 11) is 1.31. The molecule has 2 atom stereocenters. The number of hydrogen-bond donors (Lipinski definition) is 0. The number of esters is 1. The fraction of sp³-hybridized carbons (Fsp3) is 0.259. The number of halogens is 3. The zero-order chi connectivity index (χ0) is 24.4. The van der Waals surface area contributed by atoms with Crippen LogP contribution in [-0.4, -0.2) is 19.0 Å². The number of rotatable bonds is 4. The summed E-state index contributed by atoms with van der Waals surface area (Å²) in [5.41, 5.74) is 1.70. The van der Waals surface area contributed by atoms with Gasteiger partial charge in [-0.15, -0.1) is 0 Å². The third-order valence-corrected chi connectivity index (χ3v) is 8.02. The molecule has 2 aliphatic rings. The first-order valence-corrected chi connectivity index (χ1v) is 12.1. The van der Waals surface area contributed by atoms with Gasteiger partial charge in [0, 0.05) is 14.9 Å². The highest BCUT2D eigenvalue weighted by Crippen LogP contribution is 2.73. The van der Waals surface area contributed by atoms with Gasteiger partial charge in [0.2, 0.25) is 5.91 Å². The molecule has 1 amide bonds. The molecule has 34 heavy (non-hydrogen) atoms. The number of methoxy groups -OCH3 is 1. The number of carbonyl (C=O) groups excluding carboxylic acids is 2. The maximum atomic E-state index is 14.6. The minimum atomic E-state index is -0.916. The standard InChI is InChI=1S/C27H22BrClFNO3/c1-15(2)26(17-4-6-19(29)7-5-17)14-27(26)22-13-20(30)8-9-23(22)31(25(27)33)21-11-16(24(32)34-3)10-18(28)12-21/h4-13,15H,14H2,1-3H3/t26-,27-/m1/s1. The van der Waals surface area contributed by atoms with Crippen molar-refractivity contribution in [2.24, 2.45) is 5.92 Å². The molecule has 1 fully saturated rings. The van der Waals surface area contributed by atoms with E-state index in [-0.39, 0.29) is 11.8 Å². The second-order valence-electron chi connectivity index (χ2n) is 9.21. The van der Waals surface area contributed by atoms with E-state index in [1.54, 1.807) is 29.2 Å². The van der Waals surface area contributed by atoms with E-state index in [9.17, 15) is 14.0 Å². The summed E-state index contributed by atoms with van der Waals surface area (Å²) in [5, 5.41) is 0.618. The van der Waals surface area contributed by atoms with E-state index in [2.05, 4.69) is 29.8 Å². The average molecular weight is 543 g/mol. The molecule has 3 aromatic rings. The number of amides is 1. The van der Waals surface area contributed by atoms with Gasteiger partial charge in [-0.05, 0) is 72.0 Å². The van der Waals surface area contributed by atoms with Gasteiger partial charge in [-0.3, -0.25) is 9.69 Å². The van der Waals surface area contributed by atoms with Crippen LogP contribution in [0.15, 0.2) is 65.1 Å². The molecule has 1 aliphatic heterocycles. The second kappa shape index (κ2) is 7.92. The summed E-state index contributed by atoms with van der Waals surface area (Å²) >= 11 is 9.59. The molecule has 0 N–H and O–H groups in total. The van der Waals surface area contributed by atoms with Crippen LogP contribution in [0.25, 0.3) is 0 Å². The van der Waals surface area contributed by atoms with Crippen molar-refractivity contribution in [1.82, 2.24) is 0 Å². The monoisotopic (exact) mass is 541 g/mol. The van der Waals surface area contributed by atoms with Crippen molar-refractivity contribution >= 4 is 50.8 Å². The fourth-order valence-electron chi connectivity index (χ4n) is 5.76. The van der Waals surface area contributed by atoms with Crippen molar-refractivity contribution in [3.63, 3.8) is 0 Å². The second-order valence-corrected chi connectivity index (χ2v) is 10.6. The Morgan fingerprint density at radius 1 is 1.12 bits per heavy atom. The Labute approximate surface area is 210 Å². The van der Waals surface area contributed by atoms with Crippen molar-refractivity contribution in [1.29, 1.82) is 0 Å². The van der Waals surface area contributed by atoms with E-state index in [4.69, 9.17) is 16.3 Å². The summed E-state index contributed by atoms with van der Waals surface area (Å²) in [6.07, 6.45) is 0.558. The quantitative estimate of drug-likeness (QED) is 0.336. The third kappa shape index (κ3) is 3.08. The SMILES string of the molecule is COC(=O)c1cc(Br)cc(N2C(=O)[C@@]3(C[C@]3(c3ccc(Cl)cc3)C(C)C)c3cc(F)ccc32)c1. The van der Waals surface area contributed by atoms with Crippen LogP contribution in [0.4, 0.5) is 15.8 Å². The molecule has 7 heteroatoms. The minimum Gasteiger partial charge on any atom is -0.465 e. The molecule has 5 rings (SSSR count). The molecule has 1 aliphatic carbocycles. The highest BCUT2D eigenvalue weighted by atomic mass is 79.9. The van der Waals surface area contributed by atoms with Gasteiger partial charge in [-0.2, -0.15) is 0 Å². The summed E-state index contributed by atoms with van der Waals surface area (Å²) in [6.45, 7) is 4.18. The summed E-state index contributed by atoms with van der Waals surface area (Å²) in [5.74, 6) is -0.933. The molecule has 0 radical (unpaired) electrons. The van der Waals surface area contributed by atoms with Crippen LogP contribution in [0.5, 0.6) is 0 Å². The number of carbonyl (C=O) groups is 2. The van der Waals surface area contributed by atoms with Gasteiger partial charge in [0.05, 0.1) is 29.5 Å². The highest BCUT2D eigenvalue weighted by molar-refractivity contribution is 9.10.